The Balaban J connectivity index is 1.86. The summed E-state index contributed by atoms with van der Waals surface area (Å²) in [5, 5.41) is 8.69. The normalized spacial score (nSPS) is 19.3. The van der Waals surface area contributed by atoms with Crippen molar-refractivity contribution in [3.8, 4) is 0 Å². The fourth-order valence-corrected chi connectivity index (χ4v) is 4.20. The summed E-state index contributed by atoms with van der Waals surface area (Å²) in [7, 11) is 0. The molecule has 4 nitrogen and oxygen atoms in total. The maximum absolute atomic E-state index is 12.5. The predicted molar refractivity (Wildman–Crippen MR) is 106 cm³/mol. The Hall–Kier alpha value is -2.01. The molecule has 0 bridgehead atoms. The SMILES string of the molecule is CCNC(=O)[C@@H]1Cc2c([nH]c3ccccc23)[C@@H](c2ccc(Cl)cc2Cl)N1. The van der Waals surface area contributed by atoms with Crippen LogP contribution in [0.1, 0.15) is 29.8 Å². The summed E-state index contributed by atoms with van der Waals surface area (Å²) in [6, 6.07) is 13.1. The number of H-pyrrole nitrogens is 1. The number of carbonyl (C=O) groups is 1. The minimum absolute atomic E-state index is 0.00137. The zero-order chi connectivity index (χ0) is 18.3. The van der Waals surface area contributed by atoms with Gasteiger partial charge in [-0.05, 0) is 42.7 Å². The highest BCUT2D eigenvalue weighted by molar-refractivity contribution is 6.35. The van der Waals surface area contributed by atoms with Gasteiger partial charge in [-0.2, -0.15) is 0 Å². The van der Waals surface area contributed by atoms with E-state index in [0.717, 1.165) is 27.7 Å². The van der Waals surface area contributed by atoms with E-state index in [1.165, 1.54) is 0 Å². The van der Waals surface area contributed by atoms with Crippen molar-refractivity contribution in [2.24, 2.45) is 0 Å². The lowest BCUT2D eigenvalue weighted by Gasteiger charge is -2.31. The Bertz CT molecular complexity index is 982. The van der Waals surface area contributed by atoms with Crippen molar-refractivity contribution in [3.63, 3.8) is 0 Å². The van der Waals surface area contributed by atoms with Gasteiger partial charge in [0.2, 0.25) is 5.91 Å². The number of hydrogen-bond donors (Lipinski definition) is 3. The summed E-state index contributed by atoms with van der Waals surface area (Å²) >= 11 is 12.5. The minimum Gasteiger partial charge on any atom is -0.357 e. The fourth-order valence-electron chi connectivity index (χ4n) is 3.68. The van der Waals surface area contributed by atoms with Crippen LogP contribution in [0.5, 0.6) is 0 Å². The smallest absolute Gasteiger partial charge is 0.237 e. The molecule has 1 aliphatic rings. The van der Waals surface area contributed by atoms with Crippen molar-refractivity contribution in [2.75, 3.05) is 6.54 Å². The molecule has 6 heteroatoms. The van der Waals surface area contributed by atoms with E-state index in [4.69, 9.17) is 23.2 Å². The monoisotopic (exact) mass is 387 g/mol. The molecular formula is C20H19Cl2N3O. The molecule has 134 valence electrons. The fraction of sp³-hybridized carbons (Fsp3) is 0.250. The van der Waals surface area contributed by atoms with Crippen molar-refractivity contribution in [2.45, 2.75) is 25.4 Å². The van der Waals surface area contributed by atoms with Crippen LogP contribution >= 0.6 is 23.2 Å². The van der Waals surface area contributed by atoms with Crippen LogP contribution < -0.4 is 10.6 Å². The second-order valence-corrected chi connectivity index (χ2v) is 7.32. The summed E-state index contributed by atoms with van der Waals surface area (Å²) in [6.07, 6.45) is 0.632. The highest BCUT2D eigenvalue weighted by Crippen LogP contribution is 2.38. The summed E-state index contributed by atoms with van der Waals surface area (Å²) in [6.45, 7) is 2.52. The lowest BCUT2D eigenvalue weighted by molar-refractivity contribution is -0.123. The van der Waals surface area contributed by atoms with Gasteiger partial charge in [-0.3, -0.25) is 10.1 Å². The van der Waals surface area contributed by atoms with Gasteiger partial charge >= 0.3 is 0 Å². The van der Waals surface area contributed by atoms with E-state index in [1.807, 2.05) is 31.2 Å². The first kappa shape index (κ1) is 17.4. The lowest BCUT2D eigenvalue weighted by atomic mass is 9.90. The van der Waals surface area contributed by atoms with Crippen LogP contribution in [-0.2, 0) is 11.2 Å². The van der Waals surface area contributed by atoms with Gasteiger partial charge in [0.25, 0.3) is 0 Å². The first-order valence-electron chi connectivity index (χ1n) is 8.66. The quantitative estimate of drug-likeness (QED) is 0.630. The molecule has 2 heterocycles. The highest BCUT2D eigenvalue weighted by atomic mass is 35.5. The van der Waals surface area contributed by atoms with Crippen molar-refractivity contribution in [1.29, 1.82) is 0 Å². The van der Waals surface area contributed by atoms with E-state index >= 15 is 0 Å². The van der Waals surface area contributed by atoms with Crippen molar-refractivity contribution in [3.05, 3.63) is 69.3 Å². The number of aromatic nitrogens is 1. The van der Waals surface area contributed by atoms with Gasteiger partial charge < -0.3 is 10.3 Å². The number of hydrogen-bond acceptors (Lipinski definition) is 2. The molecule has 0 spiro atoms. The van der Waals surface area contributed by atoms with Crippen molar-refractivity contribution in [1.82, 2.24) is 15.6 Å². The van der Waals surface area contributed by atoms with Crippen LogP contribution in [0.2, 0.25) is 10.0 Å². The second kappa shape index (κ2) is 6.95. The molecule has 0 unspecified atom stereocenters. The van der Waals surface area contributed by atoms with Gasteiger partial charge in [0, 0.05) is 33.2 Å². The Morgan fingerprint density at radius 2 is 2.04 bits per heavy atom. The number of fused-ring (bicyclic) bond motifs is 3. The van der Waals surface area contributed by atoms with Crippen LogP contribution in [-0.4, -0.2) is 23.5 Å². The average molecular weight is 388 g/mol. The first-order valence-corrected chi connectivity index (χ1v) is 9.42. The molecule has 0 radical (unpaired) electrons. The van der Waals surface area contributed by atoms with Crippen LogP contribution in [0.3, 0.4) is 0 Å². The molecule has 0 aliphatic carbocycles. The van der Waals surface area contributed by atoms with E-state index in [9.17, 15) is 4.79 Å². The molecule has 3 N–H and O–H groups in total. The maximum Gasteiger partial charge on any atom is 0.237 e. The molecule has 0 saturated heterocycles. The molecule has 1 amide bonds. The first-order chi connectivity index (χ1) is 12.6. The number of likely N-dealkylation sites (N-methyl/N-ethyl adjacent to an activating group) is 1. The van der Waals surface area contributed by atoms with Gasteiger partial charge in [0.15, 0.2) is 0 Å². The molecule has 1 aromatic heterocycles. The van der Waals surface area contributed by atoms with Crippen molar-refractivity contribution < 1.29 is 4.79 Å². The summed E-state index contributed by atoms with van der Waals surface area (Å²) < 4.78 is 0. The number of nitrogens with one attached hydrogen (secondary N) is 3. The Kier molecular flexibility index (Phi) is 4.65. The number of benzene rings is 2. The molecule has 2 aromatic carbocycles. The Morgan fingerprint density at radius 1 is 1.23 bits per heavy atom. The van der Waals surface area contributed by atoms with Crippen LogP contribution in [0, 0.1) is 0 Å². The molecule has 0 saturated carbocycles. The lowest BCUT2D eigenvalue weighted by Crippen LogP contribution is -2.49. The van der Waals surface area contributed by atoms with Gasteiger partial charge in [-0.1, -0.05) is 47.5 Å². The Labute approximate surface area is 161 Å². The van der Waals surface area contributed by atoms with Crippen molar-refractivity contribution >= 4 is 40.0 Å². The third kappa shape index (κ3) is 2.98. The molecule has 26 heavy (non-hydrogen) atoms. The number of amides is 1. The topological polar surface area (TPSA) is 56.9 Å². The zero-order valence-corrected chi connectivity index (χ0v) is 15.8. The molecule has 1 aliphatic heterocycles. The van der Waals surface area contributed by atoms with Crippen LogP contribution in [0.25, 0.3) is 10.9 Å². The standard InChI is InChI=1S/C20H19Cl2N3O/c1-2-23-20(26)17-10-14-12-5-3-4-6-16(12)24-19(14)18(25-17)13-8-7-11(21)9-15(13)22/h3-9,17-18,24-25H,2,10H2,1H3,(H,23,26)/t17-,18+/m0/s1. The third-order valence-electron chi connectivity index (χ3n) is 4.85. The molecular weight excluding hydrogens is 369 g/mol. The number of aromatic amines is 1. The predicted octanol–water partition coefficient (Wildman–Crippen LogP) is 4.21. The van der Waals surface area contributed by atoms with Crippen LogP contribution in [0.4, 0.5) is 0 Å². The van der Waals surface area contributed by atoms with E-state index in [1.54, 1.807) is 6.07 Å². The van der Waals surface area contributed by atoms with Gasteiger partial charge in [-0.15, -0.1) is 0 Å². The third-order valence-corrected chi connectivity index (χ3v) is 5.41. The summed E-state index contributed by atoms with van der Waals surface area (Å²) in [5.41, 5.74) is 4.17. The zero-order valence-electron chi connectivity index (χ0n) is 14.3. The van der Waals surface area contributed by atoms with E-state index in [0.29, 0.717) is 23.0 Å². The molecule has 0 fully saturated rings. The minimum atomic E-state index is -0.321. The summed E-state index contributed by atoms with van der Waals surface area (Å²) in [4.78, 5) is 16.1. The number of halogens is 2. The summed E-state index contributed by atoms with van der Waals surface area (Å²) in [5.74, 6) is -0.00137. The van der Waals surface area contributed by atoms with Gasteiger partial charge in [0.05, 0.1) is 12.1 Å². The van der Waals surface area contributed by atoms with E-state index in [-0.39, 0.29) is 18.0 Å². The number of para-hydroxylation sites is 1. The largest absolute Gasteiger partial charge is 0.357 e. The molecule has 3 aromatic rings. The van der Waals surface area contributed by atoms with E-state index in [2.05, 4.69) is 27.8 Å². The maximum atomic E-state index is 12.5. The van der Waals surface area contributed by atoms with Gasteiger partial charge in [0.1, 0.15) is 0 Å². The second-order valence-electron chi connectivity index (χ2n) is 6.48. The average Bonchev–Trinajstić information content (AvgIpc) is 3.00. The number of carbonyl (C=O) groups excluding carboxylic acids is 1. The highest BCUT2D eigenvalue weighted by Gasteiger charge is 2.34. The van der Waals surface area contributed by atoms with E-state index < -0.39 is 0 Å². The van der Waals surface area contributed by atoms with Gasteiger partial charge in [-0.25, -0.2) is 0 Å². The molecule has 2 atom stereocenters. The molecule has 4 rings (SSSR count). The van der Waals surface area contributed by atoms with Crippen LogP contribution in [0.15, 0.2) is 42.5 Å². The Morgan fingerprint density at radius 3 is 2.81 bits per heavy atom. The number of rotatable bonds is 3.